The van der Waals surface area contributed by atoms with Crippen LogP contribution in [0.2, 0.25) is 5.02 Å². The van der Waals surface area contributed by atoms with E-state index >= 15 is 0 Å². The number of halogens is 1. The summed E-state index contributed by atoms with van der Waals surface area (Å²) in [7, 11) is -1.28. The van der Waals surface area contributed by atoms with Gasteiger partial charge in [0.15, 0.2) is 0 Å². The normalized spacial score (nSPS) is 20.4. The maximum atomic E-state index is 13.8. The van der Waals surface area contributed by atoms with Crippen molar-refractivity contribution >= 4 is 34.2 Å². The average molecular weight is 621 g/mol. The molecule has 42 heavy (non-hydrogen) atoms. The molecule has 0 heterocycles. The molecule has 0 saturated heterocycles. The van der Waals surface area contributed by atoms with Gasteiger partial charge in [-0.15, -0.1) is 12.3 Å². The Balaban J connectivity index is 1.78. The SMILES string of the molecule is C#CC[C@H](O)[C@H](O)[C@H](CC1CCCCC1)NC(=O)[C@H](CC1CC1)NC(=O)[C@H](Cc1ccc(Cl)cc1)CS(=O)C(C)(C)C. The standard InChI is InChI=1S/C33H49ClN2O5S/c1-5-9-29(37)30(38)27(19-22-10-7-6-8-11-22)35-32(40)28(20-24-12-13-24)36-31(39)25(21-42(41)33(2,3)4)18-23-14-16-26(34)17-15-23/h1,14-17,22,24-25,27-30,37-38H,6-13,18-21H2,2-4H3,(H,35,40)(H,36,39)/t25-,27+,28+,29+,30-,42?/m1/s1. The minimum Gasteiger partial charge on any atom is -0.389 e. The Bertz CT molecular complexity index is 1090. The van der Waals surface area contributed by atoms with E-state index in [0.29, 0.717) is 36.1 Å². The lowest BCUT2D eigenvalue weighted by molar-refractivity contribution is -0.132. The van der Waals surface area contributed by atoms with Crippen molar-refractivity contribution in [1.82, 2.24) is 10.6 Å². The molecule has 0 bridgehead atoms. The highest BCUT2D eigenvalue weighted by Crippen LogP contribution is 2.34. The maximum absolute atomic E-state index is 13.8. The third-order valence-electron chi connectivity index (χ3n) is 8.47. The van der Waals surface area contributed by atoms with Gasteiger partial charge in [-0.3, -0.25) is 13.8 Å². The van der Waals surface area contributed by atoms with Gasteiger partial charge < -0.3 is 20.8 Å². The summed E-state index contributed by atoms with van der Waals surface area (Å²) >= 11 is 6.06. The number of nitrogens with one attached hydrogen (secondary N) is 2. The first-order valence-corrected chi connectivity index (χ1v) is 17.1. The van der Waals surface area contributed by atoms with Crippen LogP contribution in [0.1, 0.15) is 90.5 Å². The van der Waals surface area contributed by atoms with E-state index in [0.717, 1.165) is 44.1 Å². The quantitative estimate of drug-likeness (QED) is 0.215. The van der Waals surface area contributed by atoms with Gasteiger partial charge in [-0.1, -0.05) is 68.7 Å². The summed E-state index contributed by atoms with van der Waals surface area (Å²) < 4.78 is 12.6. The second-order valence-corrected chi connectivity index (χ2v) is 15.9. The van der Waals surface area contributed by atoms with E-state index in [1.165, 1.54) is 6.42 Å². The van der Waals surface area contributed by atoms with Crippen molar-refractivity contribution in [1.29, 1.82) is 0 Å². The van der Waals surface area contributed by atoms with Crippen molar-refractivity contribution < 1.29 is 24.0 Å². The molecule has 0 aliphatic heterocycles. The smallest absolute Gasteiger partial charge is 0.242 e. The second kappa shape index (κ2) is 16.2. The van der Waals surface area contributed by atoms with E-state index in [1.54, 1.807) is 12.1 Å². The van der Waals surface area contributed by atoms with Gasteiger partial charge in [-0.05, 0) is 69.6 Å². The zero-order valence-corrected chi connectivity index (χ0v) is 26.9. The topological polar surface area (TPSA) is 116 Å². The van der Waals surface area contributed by atoms with Crippen LogP contribution in [0, 0.1) is 30.1 Å². The molecular formula is C33H49ClN2O5S. The summed E-state index contributed by atoms with van der Waals surface area (Å²) in [4.78, 5) is 27.5. The average Bonchev–Trinajstić information content (AvgIpc) is 3.77. The molecule has 1 unspecified atom stereocenters. The fourth-order valence-corrected chi connectivity index (χ4v) is 6.89. The first-order valence-electron chi connectivity index (χ1n) is 15.4. The molecular weight excluding hydrogens is 572 g/mol. The molecule has 1 aromatic carbocycles. The summed E-state index contributed by atoms with van der Waals surface area (Å²) in [6.45, 7) is 5.66. The molecule has 7 nitrogen and oxygen atoms in total. The first kappa shape index (κ1) is 34.6. The van der Waals surface area contributed by atoms with E-state index in [9.17, 15) is 24.0 Å². The van der Waals surface area contributed by atoms with Crippen LogP contribution in [0.5, 0.6) is 0 Å². The molecule has 0 spiro atoms. The monoisotopic (exact) mass is 620 g/mol. The number of terminal acetylenes is 1. The Kier molecular flexibility index (Phi) is 13.4. The van der Waals surface area contributed by atoms with E-state index in [2.05, 4.69) is 16.6 Å². The van der Waals surface area contributed by atoms with E-state index in [-0.39, 0.29) is 24.0 Å². The number of aliphatic hydroxyl groups excluding tert-OH is 2. The molecule has 3 rings (SSSR count). The van der Waals surface area contributed by atoms with Gasteiger partial charge in [0, 0.05) is 32.7 Å². The molecule has 9 heteroatoms. The van der Waals surface area contributed by atoms with Crippen LogP contribution in [-0.4, -0.2) is 61.0 Å². The molecule has 1 aromatic rings. The lowest BCUT2D eigenvalue weighted by atomic mass is 9.82. The van der Waals surface area contributed by atoms with E-state index in [4.69, 9.17) is 18.0 Å². The highest BCUT2D eigenvalue weighted by molar-refractivity contribution is 7.86. The van der Waals surface area contributed by atoms with E-state index in [1.807, 2.05) is 32.9 Å². The Morgan fingerprint density at radius 1 is 1.00 bits per heavy atom. The van der Waals surface area contributed by atoms with Gasteiger partial charge >= 0.3 is 0 Å². The molecule has 2 fully saturated rings. The van der Waals surface area contributed by atoms with Gasteiger partial charge in [-0.25, -0.2) is 0 Å². The van der Waals surface area contributed by atoms with Crippen molar-refractivity contribution in [2.45, 2.75) is 120 Å². The Morgan fingerprint density at radius 2 is 1.62 bits per heavy atom. The second-order valence-electron chi connectivity index (χ2n) is 13.2. The number of carbonyl (C=O) groups is 2. The van der Waals surface area contributed by atoms with Crippen LogP contribution in [0.4, 0.5) is 0 Å². The molecule has 234 valence electrons. The fraction of sp³-hybridized carbons (Fsp3) is 0.697. The van der Waals surface area contributed by atoms with Gasteiger partial charge in [0.05, 0.1) is 18.1 Å². The van der Waals surface area contributed by atoms with Gasteiger partial charge in [0.25, 0.3) is 0 Å². The molecule has 4 N–H and O–H groups in total. The molecule has 0 radical (unpaired) electrons. The van der Waals surface area contributed by atoms with Crippen molar-refractivity contribution in [3.8, 4) is 12.3 Å². The van der Waals surface area contributed by atoms with Gasteiger partial charge in [-0.2, -0.15) is 0 Å². The van der Waals surface area contributed by atoms with Crippen molar-refractivity contribution in [3.63, 3.8) is 0 Å². The Morgan fingerprint density at radius 3 is 2.19 bits per heavy atom. The number of carbonyl (C=O) groups excluding carboxylic acids is 2. The molecule has 6 atom stereocenters. The number of amides is 2. The number of hydrogen-bond donors (Lipinski definition) is 4. The summed E-state index contributed by atoms with van der Waals surface area (Å²) in [5.74, 6) is 1.94. The maximum Gasteiger partial charge on any atom is 0.242 e. The fourth-order valence-electron chi connectivity index (χ4n) is 5.63. The van der Waals surface area contributed by atoms with Gasteiger partial charge in [0.2, 0.25) is 11.8 Å². The zero-order chi connectivity index (χ0) is 30.9. The predicted octanol–water partition coefficient (Wildman–Crippen LogP) is 4.53. The number of rotatable bonds is 15. The van der Waals surface area contributed by atoms with Crippen LogP contribution in [0.15, 0.2) is 24.3 Å². The lowest BCUT2D eigenvalue weighted by Gasteiger charge is -2.33. The van der Waals surface area contributed by atoms with Crippen LogP contribution in [-0.2, 0) is 26.8 Å². The predicted molar refractivity (Wildman–Crippen MR) is 169 cm³/mol. The third-order valence-corrected chi connectivity index (χ3v) is 10.8. The molecule has 2 aliphatic rings. The largest absolute Gasteiger partial charge is 0.389 e. The number of hydrogen-bond acceptors (Lipinski definition) is 5. The van der Waals surface area contributed by atoms with Crippen LogP contribution >= 0.6 is 11.6 Å². The van der Waals surface area contributed by atoms with Crippen molar-refractivity contribution in [2.24, 2.45) is 17.8 Å². The first-order chi connectivity index (χ1) is 19.9. The summed E-state index contributed by atoms with van der Waals surface area (Å²) in [6.07, 6.45) is 11.8. The van der Waals surface area contributed by atoms with Crippen LogP contribution in [0.3, 0.4) is 0 Å². The Hall–Kier alpha value is -1.92. The van der Waals surface area contributed by atoms with E-state index < -0.39 is 45.8 Å². The van der Waals surface area contributed by atoms with Crippen LogP contribution in [0.25, 0.3) is 0 Å². The van der Waals surface area contributed by atoms with Crippen molar-refractivity contribution in [2.75, 3.05) is 5.75 Å². The molecule has 2 amide bonds. The van der Waals surface area contributed by atoms with Gasteiger partial charge in [0.1, 0.15) is 12.1 Å². The zero-order valence-electron chi connectivity index (χ0n) is 25.3. The summed E-state index contributed by atoms with van der Waals surface area (Å²) in [6, 6.07) is 5.77. The minimum atomic E-state index is -1.28. The number of benzene rings is 1. The molecule has 2 aliphatic carbocycles. The minimum absolute atomic E-state index is 0.0161. The molecule has 0 aromatic heterocycles. The van der Waals surface area contributed by atoms with Crippen LogP contribution < -0.4 is 10.6 Å². The summed E-state index contributed by atoms with van der Waals surface area (Å²) in [5, 5.41) is 28.1. The highest BCUT2D eigenvalue weighted by Gasteiger charge is 2.36. The lowest BCUT2D eigenvalue weighted by Crippen LogP contribution is -2.56. The molecule has 2 saturated carbocycles. The number of aliphatic hydroxyl groups is 2. The highest BCUT2D eigenvalue weighted by atomic mass is 35.5. The summed E-state index contributed by atoms with van der Waals surface area (Å²) in [5.41, 5.74) is 0.895. The Labute approximate surface area is 259 Å². The third kappa shape index (κ3) is 11.3. The van der Waals surface area contributed by atoms with Crippen molar-refractivity contribution in [3.05, 3.63) is 34.9 Å².